The second kappa shape index (κ2) is 7.45. The van der Waals surface area contributed by atoms with Gasteiger partial charge in [0.2, 0.25) is 0 Å². The zero-order chi connectivity index (χ0) is 20.8. The van der Waals surface area contributed by atoms with E-state index in [1.807, 2.05) is 30.5 Å². The van der Waals surface area contributed by atoms with Crippen LogP contribution in [0, 0.1) is 0 Å². The first-order valence-corrected chi connectivity index (χ1v) is 11.0. The van der Waals surface area contributed by atoms with Crippen LogP contribution in [0.2, 0.25) is 0 Å². The largest absolute Gasteiger partial charge is 0.493 e. The number of hydrogen-bond donors (Lipinski definition) is 1. The topological polar surface area (TPSA) is 51.2 Å². The molecular weight excluding hydrogens is 380 g/mol. The molecule has 152 valence electrons. The number of nitrogens with zero attached hydrogens (tertiary/aromatic N) is 1. The van der Waals surface area contributed by atoms with Crippen LogP contribution >= 0.6 is 11.3 Å². The van der Waals surface area contributed by atoms with E-state index in [1.54, 1.807) is 11.3 Å². The Morgan fingerprint density at radius 2 is 2.00 bits per heavy atom. The number of carbonyl (C=O) groups is 1. The third-order valence-electron chi connectivity index (χ3n) is 5.46. The lowest BCUT2D eigenvalue weighted by atomic mass is 9.87. The van der Waals surface area contributed by atoms with Crippen LogP contribution in [-0.2, 0) is 5.41 Å². The molecule has 0 aliphatic carbocycles. The second-order valence-corrected chi connectivity index (χ2v) is 10.0. The van der Waals surface area contributed by atoms with E-state index in [-0.39, 0.29) is 23.3 Å². The van der Waals surface area contributed by atoms with Crippen molar-refractivity contribution in [1.82, 2.24) is 10.3 Å². The van der Waals surface area contributed by atoms with Gasteiger partial charge in [0.1, 0.15) is 5.75 Å². The van der Waals surface area contributed by atoms with Crippen molar-refractivity contribution in [3.05, 3.63) is 58.1 Å². The van der Waals surface area contributed by atoms with Crippen molar-refractivity contribution < 1.29 is 9.53 Å². The molecule has 5 heteroatoms. The van der Waals surface area contributed by atoms with Gasteiger partial charge in [0.05, 0.1) is 27.7 Å². The number of para-hydroxylation sites is 1. The van der Waals surface area contributed by atoms with Gasteiger partial charge >= 0.3 is 0 Å². The minimum Gasteiger partial charge on any atom is -0.493 e. The van der Waals surface area contributed by atoms with Gasteiger partial charge in [-0.05, 0) is 29.0 Å². The fraction of sp³-hybridized carbons (Fsp3) is 0.417. The normalized spacial score (nSPS) is 16.6. The molecule has 2 aromatic heterocycles. The summed E-state index contributed by atoms with van der Waals surface area (Å²) >= 11 is 1.58. The number of nitrogens with one attached hydrogen (secondary N) is 1. The third kappa shape index (κ3) is 3.64. The van der Waals surface area contributed by atoms with E-state index in [2.05, 4.69) is 51.0 Å². The summed E-state index contributed by atoms with van der Waals surface area (Å²) in [5.74, 6) is 1.06. The van der Waals surface area contributed by atoms with E-state index in [4.69, 9.17) is 4.74 Å². The quantitative estimate of drug-likeness (QED) is 0.581. The van der Waals surface area contributed by atoms with Gasteiger partial charge in [-0.2, -0.15) is 0 Å². The number of fused-ring (bicyclic) bond motifs is 2. The maximum Gasteiger partial charge on any atom is 0.262 e. The van der Waals surface area contributed by atoms with E-state index in [1.165, 1.54) is 5.56 Å². The van der Waals surface area contributed by atoms with Crippen LogP contribution in [0.4, 0.5) is 0 Å². The summed E-state index contributed by atoms with van der Waals surface area (Å²) in [6.07, 6.45) is 2.65. The summed E-state index contributed by atoms with van der Waals surface area (Å²) in [5, 5.41) is 3.27. The predicted molar refractivity (Wildman–Crippen MR) is 119 cm³/mol. The number of amides is 1. The smallest absolute Gasteiger partial charge is 0.262 e. The lowest BCUT2D eigenvalue weighted by Gasteiger charge is -2.26. The van der Waals surface area contributed by atoms with Crippen molar-refractivity contribution in [2.45, 2.75) is 58.4 Å². The summed E-state index contributed by atoms with van der Waals surface area (Å²) in [4.78, 5) is 18.9. The van der Waals surface area contributed by atoms with Gasteiger partial charge in [0.25, 0.3) is 5.91 Å². The zero-order valence-corrected chi connectivity index (χ0v) is 18.5. The standard InChI is InChI=1S/C24H28N2O2S/c1-14(2)19-20-21(16(10-12-25-20)24(3,4)5)29-22(19)23(27)26-17-11-13-28-18-9-7-6-8-15(17)18/h6-10,12,14,17H,11,13H2,1-5H3,(H,26,27)/t17-/m0/s1. The molecule has 3 heterocycles. The molecule has 0 saturated carbocycles. The fourth-order valence-electron chi connectivity index (χ4n) is 4.02. The number of pyridine rings is 1. The molecule has 3 aromatic rings. The minimum absolute atomic E-state index is 0.00626. The molecule has 1 aliphatic rings. The molecule has 1 aliphatic heterocycles. The van der Waals surface area contributed by atoms with Crippen molar-refractivity contribution >= 4 is 27.5 Å². The number of hydrogen-bond acceptors (Lipinski definition) is 4. The Kier molecular flexibility index (Phi) is 5.11. The molecule has 1 atom stereocenters. The van der Waals surface area contributed by atoms with Gasteiger partial charge in [-0.3, -0.25) is 9.78 Å². The molecule has 0 fully saturated rings. The molecule has 4 nitrogen and oxygen atoms in total. The van der Waals surface area contributed by atoms with Crippen LogP contribution < -0.4 is 10.1 Å². The van der Waals surface area contributed by atoms with Crippen molar-refractivity contribution in [3.8, 4) is 5.75 Å². The second-order valence-electron chi connectivity index (χ2n) is 8.99. The molecule has 1 N–H and O–H groups in total. The first-order chi connectivity index (χ1) is 13.8. The molecule has 0 bridgehead atoms. The highest BCUT2D eigenvalue weighted by Crippen LogP contribution is 2.41. The minimum atomic E-state index is -0.0345. The van der Waals surface area contributed by atoms with Crippen molar-refractivity contribution in [3.63, 3.8) is 0 Å². The highest BCUT2D eigenvalue weighted by Gasteiger charge is 2.29. The lowest BCUT2D eigenvalue weighted by molar-refractivity contribution is 0.0928. The third-order valence-corrected chi connectivity index (χ3v) is 6.69. The average Bonchev–Trinajstić information content (AvgIpc) is 3.07. The summed E-state index contributed by atoms with van der Waals surface area (Å²) in [7, 11) is 0. The molecule has 0 spiro atoms. The summed E-state index contributed by atoms with van der Waals surface area (Å²) < 4.78 is 6.87. The lowest BCUT2D eigenvalue weighted by Crippen LogP contribution is -2.32. The van der Waals surface area contributed by atoms with Crippen LogP contribution in [0.15, 0.2) is 36.5 Å². The Morgan fingerprint density at radius 3 is 2.72 bits per heavy atom. The van der Waals surface area contributed by atoms with E-state index < -0.39 is 0 Å². The van der Waals surface area contributed by atoms with Crippen LogP contribution in [0.1, 0.15) is 79.4 Å². The van der Waals surface area contributed by atoms with Gasteiger partial charge < -0.3 is 10.1 Å². The number of rotatable bonds is 3. The molecule has 0 radical (unpaired) electrons. The Morgan fingerprint density at radius 1 is 1.24 bits per heavy atom. The highest BCUT2D eigenvalue weighted by molar-refractivity contribution is 7.21. The van der Waals surface area contributed by atoms with Gasteiger partial charge in [-0.25, -0.2) is 0 Å². The number of ether oxygens (including phenoxy) is 1. The Labute approximate surface area is 176 Å². The Hall–Kier alpha value is -2.40. The number of carbonyl (C=O) groups excluding carboxylic acids is 1. The van der Waals surface area contributed by atoms with Gasteiger partial charge in [0, 0.05) is 23.7 Å². The fourth-order valence-corrected chi connectivity index (χ4v) is 5.56. The highest BCUT2D eigenvalue weighted by atomic mass is 32.1. The summed E-state index contributed by atoms with van der Waals surface area (Å²) in [6, 6.07) is 10.0. The van der Waals surface area contributed by atoms with E-state index >= 15 is 0 Å². The van der Waals surface area contributed by atoms with Crippen LogP contribution in [0.3, 0.4) is 0 Å². The van der Waals surface area contributed by atoms with E-state index in [0.29, 0.717) is 6.61 Å². The molecule has 0 unspecified atom stereocenters. The van der Waals surface area contributed by atoms with E-state index in [0.717, 1.165) is 38.4 Å². The predicted octanol–water partition coefficient (Wildman–Crippen LogP) is 5.97. The van der Waals surface area contributed by atoms with Gasteiger partial charge in [0.15, 0.2) is 0 Å². The van der Waals surface area contributed by atoms with Crippen molar-refractivity contribution in [2.24, 2.45) is 0 Å². The molecular formula is C24H28N2O2S. The first kappa shape index (κ1) is 19.9. The van der Waals surface area contributed by atoms with Gasteiger partial charge in [-0.1, -0.05) is 52.8 Å². The number of aromatic nitrogens is 1. The first-order valence-electron chi connectivity index (χ1n) is 10.2. The number of thiophene rings is 1. The average molecular weight is 409 g/mol. The molecule has 0 saturated heterocycles. The molecule has 4 rings (SSSR count). The Balaban J connectivity index is 1.76. The zero-order valence-electron chi connectivity index (χ0n) is 17.7. The Bertz CT molecular complexity index is 1060. The molecule has 29 heavy (non-hydrogen) atoms. The van der Waals surface area contributed by atoms with Crippen LogP contribution in [0.5, 0.6) is 5.75 Å². The molecule has 1 aromatic carbocycles. The van der Waals surface area contributed by atoms with Crippen LogP contribution in [0.25, 0.3) is 10.2 Å². The van der Waals surface area contributed by atoms with Gasteiger partial charge in [-0.15, -0.1) is 11.3 Å². The maximum atomic E-state index is 13.4. The monoisotopic (exact) mass is 408 g/mol. The summed E-state index contributed by atoms with van der Waals surface area (Å²) in [5.41, 5.74) is 4.30. The van der Waals surface area contributed by atoms with Crippen molar-refractivity contribution in [2.75, 3.05) is 6.61 Å². The number of benzene rings is 1. The molecule has 1 amide bonds. The van der Waals surface area contributed by atoms with E-state index in [9.17, 15) is 4.79 Å². The maximum absolute atomic E-state index is 13.4. The SMILES string of the molecule is CC(C)c1c(C(=O)N[C@H]2CCOc3ccccc32)sc2c(C(C)(C)C)ccnc12. The van der Waals surface area contributed by atoms with Crippen molar-refractivity contribution in [1.29, 1.82) is 0 Å². The summed E-state index contributed by atoms with van der Waals surface area (Å²) in [6.45, 7) is 11.5. The van der Waals surface area contributed by atoms with Crippen LogP contribution in [-0.4, -0.2) is 17.5 Å².